The fourth-order valence-corrected chi connectivity index (χ4v) is 6.28. The van der Waals surface area contributed by atoms with E-state index < -0.39 is 21.8 Å². The molecule has 13 heteroatoms. The van der Waals surface area contributed by atoms with Crippen LogP contribution in [0.4, 0.5) is 19.0 Å². The van der Waals surface area contributed by atoms with Gasteiger partial charge in [0, 0.05) is 31.6 Å². The Morgan fingerprint density at radius 3 is 2.45 bits per heavy atom. The van der Waals surface area contributed by atoms with Gasteiger partial charge >= 0.3 is 6.18 Å². The Morgan fingerprint density at radius 2 is 1.88 bits per heavy atom. The van der Waals surface area contributed by atoms with Crippen LogP contribution in [0.15, 0.2) is 12.1 Å². The third-order valence-electron chi connectivity index (χ3n) is 6.16. The summed E-state index contributed by atoms with van der Waals surface area (Å²) in [6.07, 6.45) is -3.18. The van der Waals surface area contributed by atoms with E-state index in [9.17, 15) is 26.4 Å². The van der Waals surface area contributed by atoms with Crippen LogP contribution in [0.1, 0.15) is 38.9 Å². The minimum absolute atomic E-state index is 0.00646. The molecule has 0 saturated carbocycles. The maximum Gasteiger partial charge on any atom is 0.453 e. The van der Waals surface area contributed by atoms with Gasteiger partial charge in [0.2, 0.25) is 5.91 Å². The molecule has 0 aromatic carbocycles. The predicted molar refractivity (Wildman–Crippen MR) is 114 cm³/mol. The molecule has 33 heavy (non-hydrogen) atoms. The fourth-order valence-electron chi connectivity index (χ4n) is 4.55. The van der Waals surface area contributed by atoms with Crippen LogP contribution < -0.4 is 4.90 Å². The van der Waals surface area contributed by atoms with E-state index in [1.54, 1.807) is 11.0 Å². The third kappa shape index (κ3) is 5.07. The van der Waals surface area contributed by atoms with Gasteiger partial charge in [0.1, 0.15) is 5.82 Å². The van der Waals surface area contributed by atoms with Crippen molar-refractivity contribution in [1.82, 2.24) is 24.7 Å². The van der Waals surface area contributed by atoms with Gasteiger partial charge < -0.3 is 9.80 Å². The highest BCUT2D eigenvalue weighted by Crippen LogP contribution is 2.30. The number of carbonyl (C=O) groups excluding carboxylic acids is 1. The minimum Gasteiger partial charge on any atom is -0.355 e. The second kappa shape index (κ2) is 8.73. The molecule has 0 radical (unpaired) electrons. The van der Waals surface area contributed by atoms with Gasteiger partial charge in [-0.25, -0.2) is 8.42 Å². The number of hydrogen-bond donors (Lipinski definition) is 0. The normalized spacial score (nSPS) is 21.8. The lowest BCUT2D eigenvalue weighted by Gasteiger charge is -2.37. The molecule has 1 amide bonds. The molecule has 2 fully saturated rings. The summed E-state index contributed by atoms with van der Waals surface area (Å²) in [6, 6.07) is 2.74. The molecule has 1 atom stereocenters. The van der Waals surface area contributed by atoms with E-state index in [1.807, 2.05) is 18.7 Å². The van der Waals surface area contributed by atoms with Gasteiger partial charge in [0.25, 0.3) is 5.82 Å². The molecule has 2 aliphatic heterocycles. The summed E-state index contributed by atoms with van der Waals surface area (Å²) in [6.45, 7) is 5.40. The molecule has 2 aromatic heterocycles. The second-order valence-corrected chi connectivity index (χ2v) is 11.4. The molecule has 0 aliphatic carbocycles. The zero-order chi connectivity index (χ0) is 24.0. The van der Waals surface area contributed by atoms with Crippen LogP contribution >= 0.6 is 0 Å². The van der Waals surface area contributed by atoms with Crippen molar-refractivity contribution in [1.29, 1.82) is 0 Å². The molecule has 0 bridgehead atoms. The summed E-state index contributed by atoms with van der Waals surface area (Å²) in [5, 5.41) is 10.8. The minimum atomic E-state index is -4.67. The molecule has 0 N–H and O–H groups in total. The Bertz CT molecular complexity index is 1130. The van der Waals surface area contributed by atoms with Crippen LogP contribution in [0.25, 0.3) is 5.65 Å². The number of fused-ring (bicyclic) bond motifs is 1. The first kappa shape index (κ1) is 23.7. The first-order valence-corrected chi connectivity index (χ1v) is 12.8. The third-order valence-corrected chi connectivity index (χ3v) is 7.91. The molecule has 1 unspecified atom stereocenters. The lowest BCUT2D eigenvalue weighted by Crippen LogP contribution is -2.48. The van der Waals surface area contributed by atoms with E-state index >= 15 is 0 Å². The van der Waals surface area contributed by atoms with Gasteiger partial charge in [-0.1, -0.05) is 13.8 Å². The molecule has 9 nitrogen and oxygen atoms in total. The van der Waals surface area contributed by atoms with E-state index in [4.69, 9.17) is 0 Å². The standard InChI is InChI=1S/C20H27F3N6O3S/c1-13(2)11-28(15-7-10-33(31,32)12-15)18(30)14-5-8-27(9-6-14)17-4-3-16-24-25-19(20(21,22)23)29(16)26-17/h3-4,13-15H,5-12H2,1-2H3. The quantitative estimate of drug-likeness (QED) is 0.635. The highest BCUT2D eigenvalue weighted by molar-refractivity contribution is 7.91. The number of halogens is 3. The first-order valence-electron chi connectivity index (χ1n) is 11.0. The van der Waals surface area contributed by atoms with Crippen LogP contribution in [-0.4, -0.2) is 76.2 Å². The van der Waals surface area contributed by atoms with Crippen molar-refractivity contribution < 1.29 is 26.4 Å². The van der Waals surface area contributed by atoms with Crippen LogP contribution in [-0.2, 0) is 20.8 Å². The number of piperidine rings is 1. The van der Waals surface area contributed by atoms with E-state index in [1.165, 1.54) is 6.07 Å². The van der Waals surface area contributed by atoms with Gasteiger partial charge in [0.15, 0.2) is 15.5 Å². The summed E-state index contributed by atoms with van der Waals surface area (Å²) < 4.78 is 64.1. The van der Waals surface area contributed by atoms with Crippen molar-refractivity contribution in [2.24, 2.45) is 11.8 Å². The zero-order valence-corrected chi connectivity index (χ0v) is 19.3. The van der Waals surface area contributed by atoms with E-state index in [0.717, 1.165) is 0 Å². The van der Waals surface area contributed by atoms with E-state index in [-0.39, 0.29) is 40.9 Å². The number of rotatable bonds is 5. The molecule has 2 aliphatic rings. The predicted octanol–water partition coefficient (Wildman–Crippen LogP) is 2.03. The number of nitrogens with zero attached hydrogens (tertiary/aromatic N) is 6. The molecule has 2 aromatic rings. The van der Waals surface area contributed by atoms with Crippen molar-refractivity contribution >= 4 is 27.2 Å². The van der Waals surface area contributed by atoms with Gasteiger partial charge in [-0.3, -0.25) is 4.79 Å². The number of amides is 1. The van der Waals surface area contributed by atoms with Crippen molar-refractivity contribution in [3.63, 3.8) is 0 Å². The van der Waals surface area contributed by atoms with Crippen LogP contribution in [0.5, 0.6) is 0 Å². The number of anilines is 1. The average molecular weight is 489 g/mol. The zero-order valence-electron chi connectivity index (χ0n) is 18.5. The summed E-state index contributed by atoms with van der Waals surface area (Å²) in [4.78, 5) is 16.9. The molecule has 2 saturated heterocycles. The maximum absolute atomic E-state index is 13.3. The summed E-state index contributed by atoms with van der Waals surface area (Å²) in [5.74, 6) is -0.788. The topological polar surface area (TPSA) is 101 Å². The van der Waals surface area contributed by atoms with Crippen LogP contribution in [0, 0.1) is 11.8 Å². The smallest absolute Gasteiger partial charge is 0.355 e. The van der Waals surface area contributed by atoms with Crippen molar-refractivity contribution in [3.05, 3.63) is 18.0 Å². The number of hydrogen-bond acceptors (Lipinski definition) is 7. The summed E-state index contributed by atoms with van der Waals surface area (Å²) >= 11 is 0. The van der Waals surface area contributed by atoms with E-state index in [2.05, 4.69) is 15.3 Å². The number of carbonyl (C=O) groups is 1. The Labute approximate surface area is 189 Å². The van der Waals surface area contributed by atoms with Crippen LogP contribution in [0.3, 0.4) is 0 Å². The number of sulfone groups is 1. The first-order chi connectivity index (χ1) is 15.4. The van der Waals surface area contributed by atoms with Gasteiger partial charge in [0.05, 0.1) is 11.5 Å². The molecule has 0 spiro atoms. The van der Waals surface area contributed by atoms with Crippen molar-refractivity contribution in [2.75, 3.05) is 36.0 Å². The second-order valence-electron chi connectivity index (χ2n) is 9.19. The Hall–Kier alpha value is -2.44. The number of aromatic nitrogens is 4. The molecule has 4 rings (SSSR count). The molecule has 182 valence electrons. The lowest BCUT2D eigenvalue weighted by atomic mass is 9.94. The molecular formula is C20H27F3N6O3S. The maximum atomic E-state index is 13.3. The van der Waals surface area contributed by atoms with Gasteiger partial charge in [-0.05, 0) is 37.3 Å². The van der Waals surface area contributed by atoms with E-state index in [0.29, 0.717) is 49.2 Å². The highest BCUT2D eigenvalue weighted by Gasteiger charge is 2.39. The van der Waals surface area contributed by atoms with Crippen molar-refractivity contribution in [3.8, 4) is 0 Å². The van der Waals surface area contributed by atoms with Gasteiger partial charge in [-0.15, -0.1) is 15.3 Å². The molecular weight excluding hydrogens is 461 g/mol. The highest BCUT2D eigenvalue weighted by atomic mass is 32.2. The average Bonchev–Trinajstić information content (AvgIpc) is 3.33. The molecule has 4 heterocycles. The van der Waals surface area contributed by atoms with Crippen molar-refractivity contribution in [2.45, 2.75) is 45.3 Å². The summed E-state index contributed by atoms with van der Waals surface area (Å²) in [5.41, 5.74) is 0.00646. The van der Waals surface area contributed by atoms with Crippen LogP contribution in [0.2, 0.25) is 0 Å². The Kier molecular flexibility index (Phi) is 6.27. The Morgan fingerprint density at radius 1 is 1.18 bits per heavy atom. The SMILES string of the molecule is CC(C)CN(C(=O)C1CCN(c2ccc3nnc(C(F)(F)F)n3n2)CC1)C1CCS(=O)(=O)C1. The fraction of sp³-hybridized carbons (Fsp3) is 0.700. The van der Waals surface area contributed by atoms with Gasteiger partial charge in [-0.2, -0.15) is 17.7 Å². The monoisotopic (exact) mass is 488 g/mol. The largest absolute Gasteiger partial charge is 0.453 e. The lowest BCUT2D eigenvalue weighted by molar-refractivity contribution is -0.146. The summed E-state index contributed by atoms with van der Waals surface area (Å²) in [7, 11) is -3.12. The Balaban J connectivity index is 1.46. The number of alkyl halides is 3.